The lowest BCUT2D eigenvalue weighted by Crippen LogP contribution is -2.38. The highest BCUT2D eigenvalue weighted by Crippen LogP contribution is 2.15. The molecule has 0 radical (unpaired) electrons. The molecule has 2 rings (SSSR count). The van der Waals surface area contributed by atoms with Crippen molar-refractivity contribution in [1.29, 1.82) is 0 Å². The molecule has 1 atom stereocenters. The number of hydrogen-bond donors (Lipinski definition) is 2. The van der Waals surface area contributed by atoms with Crippen LogP contribution < -0.4 is 10.2 Å². The van der Waals surface area contributed by atoms with Gasteiger partial charge in [-0.2, -0.15) is 0 Å². The molecule has 1 fully saturated rings. The standard InChI is InChI=1S/C16H27N3O/c1-18(2)16-7-5-14(6-8-16)12-19(10-11-20)13-15-4-3-9-17-15/h5-8,15,17,20H,3-4,9-13H2,1-2H3. The van der Waals surface area contributed by atoms with Crippen molar-refractivity contribution >= 4 is 5.69 Å². The SMILES string of the molecule is CN(C)c1ccc(CN(CCO)CC2CCCN2)cc1. The topological polar surface area (TPSA) is 38.7 Å². The molecule has 0 aliphatic carbocycles. The molecule has 0 amide bonds. The van der Waals surface area contributed by atoms with E-state index in [4.69, 9.17) is 0 Å². The van der Waals surface area contributed by atoms with E-state index in [0.717, 1.165) is 26.2 Å². The second-order valence-corrected chi connectivity index (χ2v) is 5.81. The lowest BCUT2D eigenvalue weighted by molar-refractivity contribution is 0.179. The first kappa shape index (κ1) is 15.3. The van der Waals surface area contributed by atoms with Crippen LogP contribution in [-0.2, 0) is 6.54 Å². The summed E-state index contributed by atoms with van der Waals surface area (Å²) in [6.45, 7) is 4.04. The van der Waals surface area contributed by atoms with Crippen LogP contribution in [0.2, 0.25) is 0 Å². The van der Waals surface area contributed by atoms with Crippen molar-refractivity contribution in [1.82, 2.24) is 10.2 Å². The van der Waals surface area contributed by atoms with Gasteiger partial charge in [-0.05, 0) is 37.1 Å². The molecule has 4 heteroatoms. The number of nitrogens with zero attached hydrogens (tertiary/aromatic N) is 2. The first-order valence-corrected chi connectivity index (χ1v) is 7.52. The highest BCUT2D eigenvalue weighted by atomic mass is 16.3. The zero-order chi connectivity index (χ0) is 14.4. The van der Waals surface area contributed by atoms with Crippen LogP contribution in [0.25, 0.3) is 0 Å². The van der Waals surface area contributed by atoms with Gasteiger partial charge in [-0.15, -0.1) is 0 Å². The molecule has 1 saturated heterocycles. The predicted molar refractivity (Wildman–Crippen MR) is 84.2 cm³/mol. The van der Waals surface area contributed by atoms with Gasteiger partial charge < -0.3 is 15.3 Å². The first-order chi connectivity index (χ1) is 9.69. The van der Waals surface area contributed by atoms with Gasteiger partial charge in [-0.3, -0.25) is 4.90 Å². The maximum absolute atomic E-state index is 9.24. The number of nitrogens with one attached hydrogen (secondary N) is 1. The lowest BCUT2D eigenvalue weighted by atomic mass is 10.1. The van der Waals surface area contributed by atoms with Crippen LogP contribution in [0.4, 0.5) is 5.69 Å². The summed E-state index contributed by atoms with van der Waals surface area (Å²) in [5.41, 5.74) is 2.53. The van der Waals surface area contributed by atoms with E-state index >= 15 is 0 Å². The Morgan fingerprint density at radius 3 is 2.55 bits per heavy atom. The molecule has 1 unspecified atom stereocenters. The van der Waals surface area contributed by atoms with Gasteiger partial charge >= 0.3 is 0 Å². The Hall–Kier alpha value is -1.10. The molecular formula is C16H27N3O. The van der Waals surface area contributed by atoms with E-state index in [9.17, 15) is 5.11 Å². The summed E-state index contributed by atoms with van der Waals surface area (Å²) in [5, 5.41) is 12.8. The molecule has 1 aromatic carbocycles. The minimum absolute atomic E-state index is 0.225. The van der Waals surface area contributed by atoms with Crippen LogP contribution in [0.5, 0.6) is 0 Å². The second-order valence-electron chi connectivity index (χ2n) is 5.81. The van der Waals surface area contributed by atoms with Crippen molar-refractivity contribution < 1.29 is 5.11 Å². The molecule has 2 N–H and O–H groups in total. The Kier molecular flexibility index (Phi) is 5.83. The van der Waals surface area contributed by atoms with E-state index in [2.05, 4.69) is 53.5 Å². The van der Waals surface area contributed by atoms with E-state index in [1.807, 2.05) is 0 Å². The van der Waals surface area contributed by atoms with Crippen LogP contribution in [0.3, 0.4) is 0 Å². The average molecular weight is 277 g/mol. The molecule has 0 aromatic heterocycles. The molecule has 20 heavy (non-hydrogen) atoms. The maximum Gasteiger partial charge on any atom is 0.0558 e. The lowest BCUT2D eigenvalue weighted by Gasteiger charge is -2.25. The third-order valence-electron chi connectivity index (χ3n) is 3.92. The van der Waals surface area contributed by atoms with Crippen molar-refractivity contribution in [3.8, 4) is 0 Å². The Balaban J connectivity index is 1.92. The normalized spacial score (nSPS) is 18.7. The number of anilines is 1. The van der Waals surface area contributed by atoms with E-state index < -0.39 is 0 Å². The van der Waals surface area contributed by atoms with E-state index in [-0.39, 0.29) is 6.61 Å². The Morgan fingerprint density at radius 2 is 2.00 bits per heavy atom. The average Bonchev–Trinajstić information content (AvgIpc) is 2.92. The number of rotatable bonds is 7. The molecule has 4 nitrogen and oxygen atoms in total. The summed E-state index contributed by atoms with van der Waals surface area (Å²) < 4.78 is 0. The van der Waals surface area contributed by atoms with Crippen LogP contribution in [0, 0.1) is 0 Å². The van der Waals surface area contributed by atoms with Gasteiger partial charge in [0.05, 0.1) is 6.61 Å². The molecule has 0 saturated carbocycles. The van der Waals surface area contributed by atoms with Crippen molar-refractivity contribution in [2.24, 2.45) is 0 Å². The molecule has 0 spiro atoms. The van der Waals surface area contributed by atoms with Gasteiger partial charge in [-0.1, -0.05) is 12.1 Å². The van der Waals surface area contributed by atoms with Crippen LogP contribution >= 0.6 is 0 Å². The largest absolute Gasteiger partial charge is 0.395 e. The second kappa shape index (κ2) is 7.62. The van der Waals surface area contributed by atoms with Gasteiger partial charge in [-0.25, -0.2) is 0 Å². The fourth-order valence-electron chi connectivity index (χ4n) is 2.76. The van der Waals surface area contributed by atoms with Crippen molar-refractivity contribution in [3.05, 3.63) is 29.8 Å². The monoisotopic (exact) mass is 277 g/mol. The number of aliphatic hydroxyl groups is 1. The number of benzene rings is 1. The van der Waals surface area contributed by atoms with E-state index in [1.54, 1.807) is 0 Å². The van der Waals surface area contributed by atoms with Crippen LogP contribution in [0.1, 0.15) is 18.4 Å². The van der Waals surface area contributed by atoms with Gasteiger partial charge in [0.2, 0.25) is 0 Å². The maximum atomic E-state index is 9.24. The summed E-state index contributed by atoms with van der Waals surface area (Å²) in [4.78, 5) is 4.45. The third-order valence-corrected chi connectivity index (χ3v) is 3.92. The predicted octanol–water partition coefficient (Wildman–Crippen LogP) is 1.30. The van der Waals surface area contributed by atoms with Gasteiger partial charge in [0, 0.05) is 45.5 Å². The first-order valence-electron chi connectivity index (χ1n) is 7.52. The molecule has 1 aliphatic heterocycles. The summed E-state index contributed by atoms with van der Waals surface area (Å²) in [6.07, 6.45) is 2.52. The number of hydrogen-bond acceptors (Lipinski definition) is 4. The van der Waals surface area contributed by atoms with Gasteiger partial charge in [0.1, 0.15) is 0 Å². The molecule has 0 bridgehead atoms. The highest BCUT2D eigenvalue weighted by molar-refractivity contribution is 5.45. The zero-order valence-corrected chi connectivity index (χ0v) is 12.7. The van der Waals surface area contributed by atoms with Crippen molar-refractivity contribution in [2.75, 3.05) is 45.2 Å². The summed E-state index contributed by atoms with van der Waals surface area (Å²) in [5.74, 6) is 0. The smallest absolute Gasteiger partial charge is 0.0558 e. The van der Waals surface area contributed by atoms with Gasteiger partial charge in [0.25, 0.3) is 0 Å². The molecule has 1 heterocycles. The molecule has 112 valence electrons. The number of aliphatic hydroxyl groups excluding tert-OH is 1. The van der Waals surface area contributed by atoms with Crippen LogP contribution in [-0.4, -0.2) is 56.4 Å². The Bertz CT molecular complexity index is 385. The minimum atomic E-state index is 0.225. The summed E-state index contributed by atoms with van der Waals surface area (Å²) in [6, 6.07) is 9.26. The van der Waals surface area contributed by atoms with E-state index in [1.165, 1.54) is 24.1 Å². The van der Waals surface area contributed by atoms with Gasteiger partial charge in [0.15, 0.2) is 0 Å². The minimum Gasteiger partial charge on any atom is -0.395 e. The fraction of sp³-hybridized carbons (Fsp3) is 0.625. The van der Waals surface area contributed by atoms with E-state index in [0.29, 0.717) is 6.04 Å². The van der Waals surface area contributed by atoms with Crippen molar-refractivity contribution in [2.45, 2.75) is 25.4 Å². The zero-order valence-electron chi connectivity index (χ0n) is 12.7. The van der Waals surface area contributed by atoms with Crippen LogP contribution in [0.15, 0.2) is 24.3 Å². The third kappa shape index (κ3) is 4.47. The quantitative estimate of drug-likeness (QED) is 0.788. The Labute approximate surface area is 122 Å². The summed E-state index contributed by atoms with van der Waals surface area (Å²) >= 11 is 0. The fourth-order valence-corrected chi connectivity index (χ4v) is 2.76. The molecular weight excluding hydrogens is 250 g/mol. The van der Waals surface area contributed by atoms with Crippen molar-refractivity contribution in [3.63, 3.8) is 0 Å². The highest BCUT2D eigenvalue weighted by Gasteiger charge is 2.17. The molecule has 1 aliphatic rings. The molecule has 1 aromatic rings. The Morgan fingerprint density at radius 1 is 1.25 bits per heavy atom. The summed E-state index contributed by atoms with van der Waals surface area (Å²) in [7, 11) is 4.11.